The Kier molecular flexibility index (Phi) is 7.15. The van der Waals surface area contributed by atoms with E-state index in [9.17, 15) is 9.59 Å². The Morgan fingerprint density at radius 1 is 1.12 bits per heavy atom. The number of nitrogens with one attached hydrogen (secondary N) is 1. The fourth-order valence-electron chi connectivity index (χ4n) is 4.37. The molecule has 0 radical (unpaired) electrons. The van der Waals surface area contributed by atoms with Gasteiger partial charge < -0.3 is 10.2 Å². The quantitative estimate of drug-likeness (QED) is 0.519. The Balaban J connectivity index is 1.37. The van der Waals surface area contributed by atoms with Crippen molar-refractivity contribution in [3.05, 3.63) is 74.1 Å². The molecule has 1 unspecified atom stereocenters. The Hall–Kier alpha value is -2.70. The highest BCUT2D eigenvalue weighted by molar-refractivity contribution is 7.12. The third-order valence-electron chi connectivity index (χ3n) is 5.92. The second-order valence-electron chi connectivity index (χ2n) is 8.70. The highest BCUT2D eigenvalue weighted by Gasteiger charge is 2.29. The summed E-state index contributed by atoms with van der Waals surface area (Å²) in [5, 5.41) is 4.59. The predicted molar refractivity (Wildman–Crippen MR) is 134 cm³/mol. The maximum Gasteiger partial charge on any atom is 0.253 e. The van der Waals surface area contributed by atoms with Crippen LogP contribution in [0.1, 0.15) is 44.2 Å². The summed E-state index contributed by atoms with van der Waals surface area (Å²) in [6.45, 7) is 7.55. The number of thiazole rings is 1. The number of hydrogen-bond donors (Lipinski definition) is 1. The van der Waals surface area contributed by atoms with E-state index in [0.717, 1.165) is 45.1 Å². The van der Waals surface area contributed by atoms with Gasteiger partial charge in [-0.3, -0.25) is 9.59 Å². The van der Waals surface area contributed by atoms with Crippen molar-refractivity contribution in [3.63, 3.8) is 0 Å². The van der Waals surface area contributed by atoms with E-state index in [-0.39, 0.29) is 17.7 Å². The van der Waals surface area contributed by atoms with Gasteiger partial charge in [-0.1, -0.05) is 40.9 Å². The van der Waals surface area contributed by atoms with Gasteiger partial charge in [0, 0.05) is 34.1 Å². The van der Waals surface area contributed by atoms with Gasteiger partial charge >= 0.3 is 0 Å². The maximum atomic E-state index is 13.0. The highest BCUT2D eigenvalue weighted by Crippen LogP contribution is 2.28. The van der Waals surface area contributed by atoms with Crippen LogP contribution in [0, 0.1) is 26.7 Å². The van der Waals surface area contributed by atoms with Crippen molar-refractivity contribution in [2.45, 2.75) is 40.2 Å². The van der Waals surface area contributed by atoms with Crippen LogP contribution in [-0.2, 0) is 11.3 Å². The van der Waals surface area contributed by atoms with Crippen molar-refractivity contribution in [1.29, 1.82) is 0 Å². The fourth-order valence-corrected chi connectivity index (χ4v) is 5.39. The fraction of sp³-hybridized carbons (Fsp3) is 0.346. The summed E-state index contributed by atoms with van der Waals surface area (Å²) in [7, 11) is 0. The second kappa shape index (κ2) is 10.1. The minimum absolute atomic E-state index is 0.00227. The van der Waals surface area contributed by atoms with Gasteiger partial charge in [-0.25, -0.2) is 4.98 Å². The first kappa shape index (κ1) is 23.5. The van der Waals surface area contributed by atoms with Gasteiger partial charge in [0.2, 0.25) is 5.91 Å². The van der Waals surface area contributed by atoms with Gasteiger partial charge in [-0.05, 0) is 57.9 Å². The molecule has 1 aliphatic rings. The number of amides is 2. The zero-order chi connectivity index (χ0) is 23.5. The SMILES string of the molecule is Cc1cc(C)cc(C(=O)N2CCCC(C(=O)NCc3nc(-c4ccc(Cl)cc4)c(C)s3)C2)c1. The van der Waals surface area contributed by atoms with Crippen LogP contribution in [0.3, 0.4) is 0 Å². The smallest absolute Gasteiger partial charge is 0.253 e. The van der Waals surface area contributed by atoms with Gasteiger partial charge in [-0.2, -0.15) is 0 Å². The van der Waals surface area contributed by atoms with E-state index in [4.69, 9.17) is 16.6 Å². The zero-order valence-corrected chi connectivity index (χ0v) is 20.7. The van der Waals surface area contributed by atoms with Gasteiger partial charge in [0.05, 0.1) is 18.2 Å². The lowest BCUT2D eigenvalue weighted by Gasteiger charge is -2.32. The van der Waals surface area contributed by atoms with Crippen molar-refractivity contribution in [1.82, 2.24) is 15.2 Å². The molecule has 1 aliphatic heterocycles. The van der Waals surface area contributed by atoms with E-state index >= 15 is 0 Å². The minimum Gasteiger partial charge on any atom is -0.349 e. The summed E-state index contributed by atoms with van der Waals surface area (Å²) < 4.78 is 0. The molecule has 172 valence electrons. The lowest BCUT2D eigenvalue weighted by molar-refractivity contribution is -0.126. The van der Waals surface area contributed by atoms with Gasteiger partial charge in [0.15, 0.2) is 0 Å². The van der Waals surface area contributed by atoms with Crippen LogP contribution >= 0.6 is 22.9 Å². The average Bonchev–Trinajstić information content (AvgIpc) is 3.17. The summed E-state index contributed by atoms with van der Waals surface area (Å²) in [4.78, 5) is 33.6. The van der Waals surface area contributed by atoms with Crippen molar-refractivity contribution < 1.29 is 9.59 Å². The molecule has 5 nitrogen and oxygen atoms in total. The molecule has 2 aromatic carbocycles. The molecule has 2 amide bonds. The van der Waals surface area contributed by atoms with Crippen LogP contribution in [-0.4, -0.2) is 34.8 Å². The average molecular weight is 482 g/mol. The summed E-state index contributed by atoms with van der Waals surface area (Å²) >= 11 is 7.58. The van der Waals surface area contributed by atoms with Gasteiger partial charge in [0.25, 0.3) is 5.91 Å². The van der Waals surface area contributed by atoms with Crippen LogP contribution in [0.5, 0.6) is 0 Å². The first-order valence-corrected chi connectivity index (χ1v) is 12.4. The number of carbonyl (C=O) groups excluding carboxylic acids is 2. The van der Waals surface area contributed by atoms with E-state index in [1.165, 1.54) is 0 Å². The van der Waals surface area contributed by atoms with Crippen molar-refractivity contribution >= 4 is 34.8 Å². The van der Waals surface area contributed by atoms with Crippen molar-refractivity contribution in [2.75, 3.05) is 13.1 Å². The van der Waals surface area contributed by atoms with E-state index in [2.05, 4.69) is 11.4 Å². The third kappa shape index (κ3) is 5.63. The molecule has 3 aromatic rings. The van der Waals surface area contributed by atoms with Crippen LogP contribution in [0.4, 0.5) is 0 Å². The molecular formula is C26H28ClN3O2S. The van der Waals surface area contributed by atoms with E-state index < -0.39 is 0 Å². The number of rotatable bonds is 5. The van der Waals surface area contributed by atoms with Crippen LogP contribution in [0.2, 0.25) is 5.02 Å². The monoisotopic (exact) mass is 481 g/mol. The molecule has 4 rings (SSSR count). The van der Waals surface area contributed by atoms with Crippen molar-refractivity contribution in [3.8, 4) is 11.3 Å². The highest BCUT2D eigenvalue weighted by atomic mass is 35.5. The van der Waals surface area contributed by atoms with E-state index in [1.807, 2.05) is 62.1 Å². The molecule has 1 aromatic heterocycles. The molecule has 1 atom stereocenters. The lowest BCUT2D eigenvalue weighted by Crippen LogP contribution is -2.45. The van der Waals surface area contributed by atoms with Crippen LogP contribution in [0.15, 0.2) is 42.5 Å². The Bertz CT molecular complexity index is 1150. The molecular weight excluding hydrogens is 454 g/mol. The standard InChI is InChI=1S/C26H28ClN3O2S/c1-16-11-17(2)13-21(12-16)26(32)30-10-4-5-20(15-30)25(31)28-14-23-29-24(18(3)33-23)19-6-8-22(27)9-7-19/h6-9,11-13,20H,4-5,10,14-15H2,1-3H3,(H,28,31). The summed E-state index contributed by atoms with van der Waals surface area (Å²) in [6.07, 6.45) is 1.61. The number of halogens is 1. The summed E-state index contributed by atoms with van der Waals surface area (Å²) in [5.41, 5.74) is 4.77. The number of benzene rings is 2. The van der Waals surface area contributed by atoms with E-state index in [0.29, 0.717) is 30.2 Å². The number of piperidine rings is 1. The Morgan fingerprint density at radius 2 is 1.82 bits per heavy atom. The van der Waals surface area contributed by atoms with Crippen molar-refractivity contribution in [2.24, 2.45) is 5.92 Å². The number of nitrogens with zero attached hydrogens (tertiary/aromatic N) is 2. The molecule has 1 saturated heterocycles. The van der Waals surface area contributed by atoms with Crippen LogP contribution < -0.4 is 5.32 Å². The maximum absolute atomic E-state index is 13.0. The molecule has 0 bridgehead atoms. The molecule has 0 saturated carbocycles. The Labute approximate surface area is 203 Å². The topological polar surface area (TPSA) is 62.3 Å². The summed E-state index contributed by atoms with van der Waals surface area (Å²) in [5.74, 6) is -0.221. The predicted octanol–water partition coefficient (Wildman–Crippen LogP) is 5.56. The normalized spacial score (nSPS) is 16.0. The number of hydrogen-bond acceptors (Lipinski definition) is 4. The molecule has 0 spiro atoms. The molecule has 33 heavy (non-hydrogen) atoms. The third-order valence-corrected chi connectivity index (χ3v) is 7.14. The van der Waals surface area contributed by atoms with E-state index in [1.54, 1.807) is 11.3 Å². The first-order chi connectivity index (χ1) is 15.8. The largest absolute Gasteiger partial charge is 0.349 e. The molecule has 2 heterocycles. The number of aromatic nitrogens is 1. The number of aryl methyl sites for hydroxylation is 3. The Morgan fingerprint density at radius 3 is 2.52 bits per heavy atom. The molecule has 1 fully saturated rings. The lowest BCUT2D eigenvalue weighted by atomic mass is 9.96. The summed E-state index contributed by atoms with van der Waals surface area (Å²) in [6, 6.07) is 13.5. The minimum atomic E-state index is -0.203. The second-order valence-corrected chi connectivity index (χ2v) is 10.4. The molecule has 7 heteroatoms. The number of carbonyl (C=O) groups is 2. The molecule has 0 aliphatic carbocycles. The first-order valence-electron chi connectivity index (χ1n) is 11.2. The van der Waals surface area contributed by atoms with Gasteiger partial charge in [0.1, 0.15) is 5.01 Å². The molecule has 1 N–H and O–H groups in total. The number of likely N-dealkylation sites (tertiary alicyclic amines) is 1. The zero-order valence-electron chi connectivity index (χ0n) is 19.2. The van der Waals surface area contributed by atoms with Crippen LogP contribution in [0.25, 0.3) is 11.3 Å². The van der Waals surface area contributed by atoms with Gasteiger partial charge in [-0.15, -0.1) is 11.3 Å².